The quantitative estimate of drug-likeness (QED) is 0.113. The van der Waals surface area contributed by atoms with Gasteiger partial charge in [0.05, 0.1) is 23.3 Å². The van der Waals surface area contributed by atoms with Crippen LogP contribution in [0, 0.1) is 12.7 Å². The molecule has 10 heteroatoms. The maximum Gasteiger partial charge on any atom is 0.181 e. The monoisotopic (exact) mass is 605 g/mol. The number of hydrogen-bond acceptors (Lipinski definition) is 7. The van der Waals surface area contributed by atoms with Crippen molar-refractivity contribution >= 4 is 28.0 Å². The van der Waals surface area contributed by atoms with Crippen LogP contribution in [0.5, 0.6) is 0 Å². The topological polar surface area (TPSA) is 101 Å². The fourth-order valence-electron chi connectivity index (χ4n) is 5.26. The number of likely N-dealkylation sites (N-methyl/N-ethyl adjacent to an activating group) is 2. The lowest BCUT2D eigenvalue weighted by atomic mass is 9.96. The molecular weight excluding hydrogens is 565 g/mol. The molecule has 4 aromatic heterocycles. The van der Waals surface area contributed by atoms with Crippen molar-refractivity contribution in [2.24, 2.45) is 0 Å². The summed E-state index contributed by atoms with van der Waals surface area (Å²) in [5.41, 5.74) is 10.00. The summed E-state index contributed by atoms with van der Waals surface area (Å²) in [6.07, 6.45) is 9.02. The lowest BCUT2D eigenvalue weighted by Gasteiger charge is -2.14. The van der Waals surface area contributed by atoms with E-state index in [0.717, 1.165) is 73.9 Å². The largest absolute Gasteiger partial charge is 0.384 e. The van der Waals surface area contributed by atoms with Crippen molar-refractivity contribution in [2.75, 3.05) is 58.5 Å². The van der Waals surface area contributed by atoms with E-state index < -0.39 is 0 Å². The molecule has 0 atom stereocenters. The standard InChI is InChI=1S/C35H40FN9/c1-8-9-30(24-12-27(36)16-28(13-24)38-10-11-44(4)5)31-17-33(41-23(31)3)34-32-15-26(19-39-35(32)43-42-34)25-14-29(20-37-18-25)40-22(2)21-45(6)7/h8-9,12-20,38,40-41H,1-2,10-11,21H2,3-7H3,(H,39,42,43)/b30-9-. The summed E-state index contributed by atoms with van der Waals surface area (Å²) in [5.74, 6) is -0.308. The van der Waals surface area contributed by atoms with Crippen molar-refractivity contribution in [1.29, 1.82) is 0 Å². The summed E-state index contributed by atoms with van der Waals surface area (Å²) in [4.78, 5) is 16.7. The molecule has 0 saturated carbocycles. The molecule has 4 N–H and O–H groups in total. The molecule has 4 heterocycles. The van der Waals surface area contributed by atoms with Gasteiger partial charge in [0.2, 0.25) is 0 Å². The number of aromatic nitrogens is 5. The number of allylic oxidation sites excluding steroid dienone is 2. The Hall–Kier alpha value is -5.06. The molecule has 0 amide bonds. The molecule has 0 spiro atoms. The first-order valence-electron chi connectivity index (χ1n) is 14.7. The Morgan fingerprint density at radius 2 is 1.78 bits per heavy atom. The first-order chi connectivity index (χ1) is 21.6. The van der Waals surface area contributed by atoms with Gasteiger partial charge in [-0.1, -0.05) is 25.3 Å². The molecule has 0 saturated heterocycles. The molecule has 0 bridgehead atoms. The predicted octanol–water partition coefficient (Wildman–Crippen LogP) is 6.54. The zero-order valence-electron chi connectivity index (χ0n) is 26.5. The number of hydrogen-bond donors (Lipinski definition) is 4. The van der Waals surface area contributed by atoms with Crippen LogP contribution in [0.4, 0.5) is 15.8 Å². The van der Waals surface area contributed by atoms with Crippen LogP contribution in [-0.2, 0) is 0 Å². The zero-order chi connectivity index (χ0) is 32.1. The van der Waals surface area contributed by atoms with Crippen LogP contribution in [0.3, 0.4) is 0 Å². The Morgan fingerprint density at radius 3 is 2.53 bits per heavy atom. The van der Waals surface area contributed by atoms with Crippen molar-refractivity contribution in [3.05, 3.63) is 109 Å². The highest BCUT2D eigenvalue weighted by Crippen LogP contribution is 2.35. The van der Waals surface area contributed by atoms with Crippen molar-refractivity contribution in [3.8, 4) is 22.5 Å². The Balaban J connectivity index is 1.47. The second-order valence-corrected chi connectivity index (χ2v) is 11.6. The van der Waals surface area contributed by atoms with E-state index >= 15 is 0 Å². The van der Waals surface area contributed by atoms with Crippen LogP contribution in [0.2, 0.25) is 0 Å². The fraction of sp³-hybridized carbons (Fsp3) is 0.229. The molecule has 0 unspecified atom stereocenters. The van der Waals surface area contributed by atoms with Crippen molar-refractivity contribution in [1.82, 2.24) is 34.9 Å². The molecule has 0 fully saturated rings. The van der Waals surface area contributed by atoms with E-state index in [0.29, 0.717) is 18.7 Å². The van der Waals surface area contributed by atoms with Gasteiger partial charge in [0.1, 0.15) is 5.82 Å². The molecule has 5 rings (SSSR count). The van der Waals surface area contributed by atoms with Crippen molar-refractivity contribution < 1.29 is 4.39 Å². The molecule has 0 aliphatic carbocycles. The predicted molar refractivity (Wildman–Crippen MR) is 184 cm³/mol. The van der Waals surface area contributed by atoms with Crippen LogP contribution < -0.4 is 10.6 Å². The van der Waals surface area contributed by atoms with Gasteiger partial charge in [-0.3, -0.25) is 10.1 Å². The van der Waals surface area contributed by atoms with Gasteiger partial charge in [0.25, 0.3) is 0 Å². The summed E-state index contributed by atoms with van der Waals surface area (Å²) in [5, 5.41) is 15.2. The van der Waals surface area contributed by atoms with Crippen LogP contribution in [0.15, 0.2) is 86.0 Å². The number of benzene rings is 1. The van der Waals surface area contributed by atoms with Gasteiger partial charge < -0.3 is 25.4 Å². The van der Waals surface area contributed by atoms with E-state index in [9.17, 15) is 4.39 Å². The lowest BCUT2D eigenvalue weighted by molar-refractivity contribution is 0.425. The van der Waals surface area contributed by atoms with Crippen LogP contribution in [-0.4, -0.2) is 82.8 Å². The van der Waals surface area contributed by atoms with E-state index in [-0.39, 0.29) is 5.82 Å². The summed E-state index contributed by atoms with van der Waals surface area (Å²) in [6, 6.07) is 11.2. The number of fused-ring (bicyclic) bond motifs is 1. The number of aryl methyl sites for hydroxylation is 1. The summed E-state index contributed by atoms with van der Waals surface area (Å²) in [6.45, 7) is 12.3. The van der Waals surface area contributed by atoms with Gasteiger partial charge in [-0.05, 0) is 82.6 Å². The third kappa shape index (κ3) is 7.54. The molecule has 232 valence electrons. The number of pyridine rings is 2. The Bertz CT molecular complexity index is 1860. The second-order valence-electron chi connectivity index (χ2n) is 11.6. The highest BCUT2D eigenvalue weighted by atomic mass is 19.1. The average molecular weight is 606 g/mol. The van der Waals surface area contributed by atoms with E-state index in [1.54, 1.807) is 24.5 Å². The second kappa shape index (κ2) is 13.7. The van der Waals surface area contributed by atoms with Gasteiger partial charge in [0.15, 0.2) is 5.65 Å². The number of nitrogens with one attached hydrogen (secondary N) is 4. The highest BCUT2D eigenvalue weighted by molar-refractivity contribution is 5.94. The number of nitrogens with zero attached hydrogens (tertiary/aromatic N) is 5. The maximum atomic E-state index is 14.8. The normalized spacial score (nSPS) is 11.9. The number of H-pyrrole nitrogens is 2. The number of aromatic amines is 2. The molecule has 0 radical (unpaired) electrons. The van der Waals surface area contributed by atoms with Gasteiger partial charge in [0, 0.05) is 71.2 Å². The molecule has 5 aromatic rings. The molecular formula is C35H40FN9. The first kappa shape index (κ1) is 31.4. The Kier molecular flexibility index (Phi) is 9.56. The van der Waals surface area contributed by atoms with Gasteiger partial charge >= 0.3 is 0 Å². The Morgan fingerprint density at radius 1 is 0.978 bits per heavy atom. The smallest absolute Gasteiger partial charge is 0.181 e. The summed E-state index contributed by atoms with van der Waals surface area (Å²) in [7, 11) is 8.01. The summed E-state index contributed by atoms with van der Waals surface area (Å²) < 4.78 is 14.8. The number of rotatable bonds is 13. The third-order valence-corrected chi connectivity index (χ3v) is 7.27. The third-order valence-electron chi connectivity index (χ3n) is 7.27. The van der Waals surface area contributed by atoms with Gasteiger partial charge in [-0.2, -0.15) is 5.10 Å². The molecule has 0 aliphatic rings. The number of anilines is 2. The van der Waals surface area contributed by atoms with E-state index in [1.165, 1.54) is 6.07 Å². The van der Waals surface area contributed by atoms with Gasteiger partial charge in [-0.25, -0.2) is 9.37 Å². The van der Waals surface area contributed by atoms with Crippen molar-refractivity contribution in [2.45, 2.75) is 6.92 Å². The number of halogens is 1. The van der Waals surface area contributed by atoms with E-state index in [1.807, 2.05) is 59.5 Å². The maximum absolute atomic E-state index is 14.8. The average Bonchev–Trinajstić information content (AvgIpc) is 3.57. The summed E-state index contributed by atoms with van der Waals surface area (Å²) >= 11 is 0. The zero-order valence-corrected chi connectivity index (χ0v) is 26.5. The van der Waals surface area contributed by atoms with Crippen molar-refractivity contribution in [3.63, 3.8) is 0 Å². The van der Waals surface area contributed by atoms with E-state index in [2.05, 4.69) is 70.9 Å². The molecule has 0 aliphatic heterocycles. The molecule has 1 aromatic carbocycles. The first-order valence-corrected chi connectivity index (χ1v) is 14.7. The molecule has 9 nitrogen and oxygen atoms in total. The fourth-order valence-corrected chi connectivity index (χ4v) is 5.26. The van der Waals surface area contributed by atoms with Crippen LogP contribution >= 0.6 is 0 Å². The molecule has 45 heavy (non-hydrogen) atoms. The minimum Gasteiger partial charge on any atom is -0.384 e. The van der Waals surface area contributed by atoms with Crippen LogP contribution in [0.1, 0.15) is 16.8 Å². The minimum absolute atomic E-state index is 0.308. The van der Waals surface area contributed by atoms with E-state index in [4.69, 9.17) is 0 Å². The lowest BCUT2D eigenvalue weighted by Crippen LogP contribution is -2.20. The van der Waals surface area contributed by atoms with Crippen LogP contribution in [0.25, 0.3) is 39.1 Å². The van der Waals surface area contributed by atoms with Gasteiger partial charge in [-0.15, -0.1) is 0 Å². The minimum atomic E-state index is -0.308. The SMILES string of the molecule is C=C/C=C(/c1cc(F)cc(NCCN(C)C)c1)c1cc(-c2[nH]nc3ncc(-c4cncc(NC(=C)CN(C)C)c4)cc23)[nH]c1C. The highest BCUT2D eigenvalue weighted by Gasteiger charge is 2.18. The Labute approximate surface area is 263 Å².